The molecule has 1 aliphatic rings. The van der Waals surface area contributed by atoms with E-state index in [9.17, 15) is 4.39 Å². The first-order valence-electron chi connectivity index (χ1n) is 8.66. The molecule has 0 unspecified atom stereocenters. The van der Waals surface area contributed by atoms with Gasteiger partial charge in [-0.1, -0.05) is 18.2 Å². The molecule has 0 spiro atoms. The summed E-state index contributed by atoms with van der Waals surface area (Å²) in [6.45, 7) is 2.62. The monoisotopic (exact) mass is 353 g/mol. The number of hydrogen-bond acceptors (Lipinski definition) is 3. The SMILES string of the molecule is Cc1sc(-c2ccccc2F)nc1CCOc1ccc2c(c1)CCC2. The Morgan fingerprint density at radius 1 is 1.12 bits per heavy atom. The standard InChI is InChI=1S/C21H20FNOS/c1-14-20(23-21(25-14)18-7-2-3-8-19(18)22)11-12-24-17-10-9-15-5-4-6-16(15)13-17/h2-3,7-10,13H,4-6,11-12H2,1H3. The van der Waals surface area contributed by atoms with Crippen molar-refractivity contribution >= 4 is 11.3 Å². The second-order valence-electron chi connectivity index (χ2n) is 6.38. The highest BCUT2D eigenvalue weighted by molar-refractivity contribution is 7.15. The summed E-state index contributed by atoms with van der Waals surface area (Å²) in [4.78, 5) is 5.75. The maximum atomic E-state index is 13.9. The molecule has 4 rings (SSSR count). The number of aryl methyl sites for hydroxylation is 3. The van der Waals surface area contributed by atoms with E-state index in [1.807, 2.05) is 13.0 Å². The van der Waals surface area contributed by atoms with Crippen LogP contribution in [0.25, 0.3) is 10.6 Å². The first-order chi connectivity index (χ1) is 12.2. The van der Waals surface area contributed by atoms with Gasteiger partial charge in [0.2, 0.25) is 0 Å². The number of hydrogen-bond donors (Lipinski definition) is 0. The molecule has 0 saturated carbocycles. The number of ether oxygens (including phenoxy) is 1. The lowest BCUT2D eigenvalue weighted by Crippen LogP contribution is -2.03. The Morgan fingerprint density at radius 2 is 1.96 bits per heavy atom. The number of halogens is 1. The first-order valence-corrected chi connectivity index (χ1v) is 9.48. The van der Waals surface area contributed by atoms with E-state index < -0.39 is 0 Å². The number of fused-ring (bicyclic) bond motifs is 1. The Bertz CT molecular complexity index is 903. The Hall–Kier alpha value is -2.20. The molecule has 0 amide bonds. The highest BCUT2D eigenvalue weighted by Crippen LogP contribution is 2.30. The Labute approximate surface area is 151 Å². The molecule has 0 N–H and O–H groups in total. The van der Waals surface area contributed by atoms with Crippen LogP contribution in [0.3, 0.4) is 0 Å². The van der Waals surface area contributed by atoms with E-state index in [4.69, 9.17) is 4.74 Å². The second-order valence-corrected chi connectivity index (χ2v) is 7.59. The van der Waals surface area contributed by atoms with Crippen molar-refractivity contribution in [2.24, 2.45) is 0 Å². The summed E-state index contributed by atoms with van der Waals surface area (Å²) in [5.74, 6) is 0.708. The van der Waals surface area contributed by atoms with Crippen LogP contribution in [-0.4, -0.2) is 11.6 Å². The van der Waals surface area contributed by atoms with Crippen molar-refractivity contribution in [3.05, 3.63) is 70.0 Å². The van der Waals surface area contributed by atoms with Crippen molar-refractivity contribution in [3.8, 4) is 16.3 Å². The van der Waals surface area contributed by atoms with Crippen LogP contribution in [0.2, 0.25) is 0 Å². The quantitative estimate of drug-likeness (QED) is 0.615. The molecule has 1 aromatic heterocycles. The largest absolute Gasteiger partial charge is 0.493 e. The lowest BCUT2D eigenvalue weighted by molar-refractivity contribution is 0.320. The molecule has 0 fully saturated rings. The van der Waals surface area contributed by atoms with Gasteiger partial charge in [0.1, 0.15) is 16.6 Å². The topological polar surface area (TPSA) is 22.1 Å². The van der Waals surface area contributed by atoms with Gasteiger partial charge in [0.25, 0.3) is 0 Å². The Kier molecular flexibility index (Phi) is 4.53. The number of aromatic nitrogens is 1. The van der Waals surface area contributed by atoms with Crippen molar-refractivity contribution in [3.63, 3.8) is 0 Å². The summed E-state index contributed by atoms with van der Waals surface area (Å²) in [6, 6.07) is 13.2. The van der Waals surface area contributed by atoms with Gasteiger partial charge in [-0.15, -0.1) is 11.3 Å². The molecule has 0 saturated heterocycles. The van der Waals surface area contributed by atoms with E-state index in [0.29, 0.717) is 12.2 Å². The zero-order valence-electron chi connectivity index (χ0n) is 14.2. The smallest absolute Gasteiger partial charge is 0.133 e. The van der Waals surface area contributed by atoms with Crippen molar-refractivity contribution < 1.29 is 9.13 Å². The molecule has 1 aliphatic carbocycles. The molecule has 128 valence electrons. The summed E-state index contributed by atoms with van der Waals surface area (Å²) in [5, 5.41) is 0.739. The molecular weight excluding hydrogens is 333 g/mol. The molecule has 3 aromatic rings. The molecule has 25 heavy (non-hydrogen) atoms. The normalized spacial score (nSPS) is 13.0. The summed E-state index contributed by atoms with van der Waals surface area (Å²) >= 11 is 1.54. The molecular formula is C21H20FNOS. The highest BCUT2D eigenvalue weighted by atomic mass is 32.1. The lowest BCUT2D eigenvalue weighted by Gasteiger charge is -2.07. The lowest BCUT2D eigenvalue weighted by atomic mass is 10.1. The predicted octanol–water partition coefficient (Wildman–Crippen LogP) is 5.37. The molecule has 1 heterocycles. The molecule has 0 radical (unpaired) electrons. The fraction of sp³-hybridized carbons (Fsp3) is 0.286. The van der Waals surface area contributed by atoms with Gasteiger partial charge in [0, 0.05) is 16.9 Å². The zero-order valence-corrected chi connectivity index (χ0v) is 15.0. The molecule has 0 aliphatic heterocycles. The molecule has 4 heteroatoms. The van der Waals surface area contributed by atoms with Crippen molar-refractivity contribution in [2.45, 2.75) is 32.6 Å². The molecule has 2 aromatic carbocycles. The van der Waals surface area contributed by atoms with Crippen molar-refractivity contribution in [2.75, 3.05) is 6.61 Å². The van der Waals surface area contributed by atoms with Gasteiger partial charge in [-0.25, -0.2) is 9.37 Å². The first kappa shape index (κ1) is 16.3. The fourth-order valence-corrected chi connectivity index (χ4v) is 4.30. The van der Waals surface area contributed by atoms with Crippen LogP contribution in [-0.2, 0) is 19.3 Å². The van der Waals surface area contributed by atoms with Crippen molar-refractivity contribution in [1.82, 2.24) is 4.98 Å². The van der Waals surface area contributed by atoms with E-state index in [-0.39, 0.29) is 5.82 Å². The number of rotatable bonds is 5. The van der Waals surface area contributed by atoms with Gasteiger partial charge in [0.15, 0.2) is 0 Å². The van der Waals surface area contributed by atoms with Gasteiger partial charge in [-0.2, -0.15) is 0 Å². The summed E-state index contributed by atoms with van der Waals surface area (Å²) in [6.07, 6.45) is 4.32. The maximum Gasteiger partial charge on any atom is 0.133 e. The fourth-order valence-electron chi connectivity index (χ4n) is 3.31. The van der Waals surface area contributed by atoms with Crippen LogP contribution < -0.4 is 4.74 Å². The average Bonchev–Trinajstić information content (AvgIpc) is 3.22. The third-order valence-electron chi connectivity index (χ3n) is 4.67. The maximum absolute atomic E-state index is 13.9. The Balaban J connectivity index is 1.43. The molecule has 0 bridgehead atoms. The van der Waals surface area contributed by atoms with Crippen LogP contribution >= 0.6 is 11.3 Å². The predicted molar refractivity (Wildman–Crippen MR) is 99.9 cm³/mol. The minimum Gasteiger partial charge on any atom is -0.493 e. The average molecular weight is 353 g/mol. The van der Waals surface area contributed by atoms with Gasteiger partial charge >= 0.3 is 0 Å². The van der Waals surface area contributed by atoms with Crippen LogP contribution in [0, 0.1) is 12.7 Å². The third-order valence-corrected chi connectivity index (χ3v) is 5.72. The van der Waals surface area contributed by atoms with E-state index in [2.05, 4.69) is 23.2 Å². The third kappa shape index (κ3) is 3.45. The minimum absolute atomic E-state index is 0.225. The van der Waals surface area contributed by atoms with Gasteiger partial charge in [-0.05, 0) is 61.6 Å². The molecule has 2 nitrogen and oxygen atoms in total. The second kappa shape index (κ2) is 6.96. The van der Waals surface area contributed by atoms with Crippen LogP contribution in [0.15, 0.2) is 42.5 Å². The van der Waals surface area contributed by atoms with E-state index in [1.165, 1.54) is 41.4 Å². The molecule has 0 atom stereocenters. The summed E-state index contributed by atoms with van der Waals surface area (Å²) in [7, 11) is 0. The number of benzene rings is 2. The van der Waals surface area contributed by atoms with E-state index in [1.54, 1.807) is 12.1 Å². The highest BCUT2D eigenvalue weighted by Gasteiger charge is 2.14. The number of nitrogens with zero attached hydrogens (tertiary/aromatic N) is 1. The van der Waals surface area contributed by atoms with Gasteiger partial charge in [-0.3, -0.25) is 0 Å². The minimum atomic E-state index is -0.225. The van der Waals surface area contributed by atoms with Gasteiger partial charge in [0.05, 0.1) is 12.3 Å². The summed E-state index contributed by atoms with van der Waals surface area (Å²) in [5.41, 5.74) is 4.44. The summed E-state index contributed by atoms with van der Waals surface area (Å²) < 4.78 is 19.9. The van der Waals surface area contributed by atoms with Gasteiger partial charge < -0.3 is 4.74 Å². The van der Waals surface area contributed by atoms with Crippen LogP contribution in [0.1, 0.15) is 28.1 Å². The van der Waals surface area contributed by atoms with Crippen LogP contribution in [0.5, 0.6) is 5.75 Å². The van der Waals surface area contributed by atoms with Crippen molar-refractivity contribution in [1.29, 1.82) is 0 Å². The van der Waals surface area contributed by atoms with E-state index >= 15 is 0 Å². The zero-order chi connectivity index (χ0) is 17.2. The van der Waals surface area contributed by atoms with Crippen LogP contribution in [0.4, 0.5) is 4.39 Å². The Morgan fingerprint density at radius 3 is 2.84 bits per heavy atom. The number of thiazole rings is 1. The van der Waals surface area contributed by atoms with E-state index in [0.717, 1.165) is 34.2 Å².